The zero-order chi connectivity index (χ0) is 16.7. The van der Waals surface area contributed by atoms with E-state index in [4.69, 9.17) is 4.52 Å². The highest BCUT2D eigenvalue weighted by atomic mass is 16.5. The number of aryl methyl sites for hydroxylation is 1. The van der Waals surface area contributed by atoms with Gasteiger partial charge in [0.25, 0.3) is 5.91 Å². The van der Waals surface area contributed by atoms with E-state index in [1.165, 1.54) is 0 Å². The fraction of sp³-hybridized carbons (Fsp3) is 0.278. The van der Waals surface area contributed by atoms with Gasteiger partial charge in [0.15, 0.2) is 11.5 Å². The Bertz CT molecular complexity index is 909. The molecule has 1 amide bonds. The number of aromatic nitrogens is 3. The summed E-state index contributed by atoms with van der Waals surface area (Å²) in [5, 5.41) is 11.3. The normalized spacial score (nSPS) is 13.1. The third kappa shape index (κ3) is 2.31. The molecule has 24 heavy (non-hydrogen) atoms. The predicted molar refractivity (Wildman–Crippen MR) is 89.5 cm³/mol. The van der Waals surface area contributed by atoms with Crippen molar-refractivity contribution in [3.05, 3.63) is 58.6 Å². The van der Waals surface area contributed by atoms with Gasteiger partial charge in [-0.25, -0.2) is 4.68 Å². The minimum atomic E-state index is -0.237. The first-order valence-electron chi connectivity index (χ1n) is 8.05. The molecule has 4 rings (SSSR count). The largest absolute Gasteiger partial charge is 0.359 e. The van der Waals surface area contributed by atoms with Crippen molar-refractivity contribution in [3.8, 4) is 5.69 Å². The molecule has 0 bridgehead atoms. The number of amides is 1. The Labute approximate surface area is 139 Å². The SMILES string of the molecule is Cc1onc(NC(=O)c2nn(-c3ccccc3)c3c2CCC3)c1C. The van der Waals surface area contributed by atoms with Crippen LogP contribution in [0.2, 0.25) is 0 Å². The van der Waals surface area contributed by atoms with Crippen molar-refractivity contribution in [2.24, 2.45) is 0 Å². The highest BCUT2D eigenvalue weighted by Crippen LogP contribution is 2.28. The third-order valence-electron chi connectivity index (χ3n) is 4.54. The van der Waals surface area contributed by atoms with E-state index in [0.29, 0.717) is 17.3 Å². The fourth-order valence-electron chi connectivity index (χ4n) is 3.10. The number of rotatable bonds is 3. The molecule has 6 heteroatoms. The third-order valence-corrected chi connectivity index (χ3v) is 4.54. The number of hydrogen-bond acceptors (Lipinski definition) is 4. The van der Waals surface area contributed by atoms with Crippen LogP contribution in [0.5, 0.6) is 0 Å². The standard InChI is InChI=1S/C18H18N4O2/c1-11-12(2)24-21-17(11)19-18(23)16-14-9-6-10-15(14)22(20-16)13-7-4-3-5-8-13/h3-5,7-8H,6,9-10H2,1-2H3,(H,19,21,23). The van der Waals surface area contributed by atoms with Gasteiger partial charge in [0, 0.05) is 16.8 Å². The highest BCUT2D eigenvalue weighted by molar-refractivity contribution is 6.04. The number of para-hydroxylation sites is 1. The van der Waals surface area contributed by atoms with Crippen LogP contribution in [-0.4, -0.2) is 20.8 Å². The lowest BCUT2D eigenvalue weighted by Crippen LogP contribution is -2.15. The average Bonchev–Trinajstić information content (AvgIpc) is 3.27. The molecule has 1 aliphatic carbocycles. The van der Waals surface area contributed by atoms with Crippen molar-refractivity contribution < 1.29 is 9.32 Å². The van der Waals surface area contributed by atoms with Crippen LogP contribution in [0.3, 0.4) is 0 Å². The Morgan fingerprint density at radius 3 is 2.71 bits per heavy atom. The maximum absolute atomic E-state index is 12.7. The molecule has 0 saturated heterocycles. The summed E-state index contributed by atoms with van der Waals surface area (Å²) >= 11 is 0. The van der Waals surface area contributed by atoms with Gasteiger partial charge < -0.3 is 9.84 Å². The molecule has 1 aromatic carbocycles. The minimum absolute atomic E-state index is 0.237. The Morgan fingerprint density at radius 2 is 2.00 bits per heavy atom. The van der Waals surface area contributed by atoms with Gasteiger partial charge >= 0.3 is 0 Å². The number of hydrogen-bond donors (Lipinski definition) is 1. The molecule has 0 unspecified atom stereocenters. The van der Waals surface area contributed by atoms with E-state index in [1.807, 2.05) is 48.9 Å². The monoisotopic (exact) mass is 322 g/mol. The average molecular weight is 322 g/mol. The Hall–Kier alpha value is -2.89. The first kappa shape index (κ1) is 14.7. The molecule has 1 aliphatic rings. The lowest BCUT2D eigenvalue weighted by atomic mass is 10.2. The molecule has 1 N–H and O–H groups in total. The number of anilines is 1. The molecule has 2 heterocycles. The molecule has 3 aromatic rings. The number of nitrogens with one attached hydrogen (secondary N) is 1. The smallest absolute Gasteiger partial charge is 0.277 e. The van der Waals surface area contributed by atoms with E-state index in [-0.39, 0.29) is 5.91 Å². The molecule has 0 spiro atoms. The summed E-state index contributed by atoms with van der Waals surface area (Å²) < 4.78 is 7.00. The maximum Gasteiger partial charge on any atom is 0.277 e. The van der Waals surface area contributed by atoms with E-state index >= 15 is 0 Å². The second-order valence-electron chi connectivity index (χ2n) is 6.04. The summed E-state index contributed by atoms with van der Waals surface area (Å²) in [4.78, 5) is 12.7. The van der Waals surface area contributed by atoms with Crippen LogP contribution in [-0.2, 0) is 12.8 Å². The lowest BCUT2D eigenvalue weighted by molar-refractivity contribution is 0.102. The van der Waals surface area contributed by atoms with Crippen LogP contribution in [0.1, 0.15) is 39.5 Å². The second-order valence-corrected chi connectivity index (χ2v) is 6.04. The summed E-state index contributed by atoms with van der Waals surface area (Å²) in [5.41, 5.74) is 4.45. The number of fused-ring (bicyclic) bond motifs is 1. The minimum Gasteiger partial charge on any atom is -0.359 e. The quantitative estimate of drug-likeness (QED) is 0.803. The summed E-state index contributed by atoms with van der Waals surface area (Å²) in [5.74, 6) is 0.920. The molecule has 0 atom stereocenters. The molecule has 0 radical (unpaired) electrons. The molecule has 0 aliphatic heterocycles. The van der Waals surface area contributed by atoms with E-state index in [0.717, 1.165) is 41.8 Å². The van der Waals surface area contributed by atoms with E-state index in [2.05, 4.69) is 15.6 Å². The predicted octanol–water partition coefficient (Wildman–Crippen LogP) is 3.22. The van der Waals surface area contributed by atoms with Crippen molar-refractivity contribution in [1.82, 2.24) is 14.9 Å². The number of nitrogens with zero attached hydrogens (tertiary/aromatic N) is 3. The van der Waals surface area contributed by atoms with Crippen molar-refractivity contribution >= 4 is 11.7 Å². The maximum atomic E-state index is 12.7. The zero-order valence-corrected chi connectivity index (χ0v) is 13.7. The molecular weight excluding hydrogens is 304 g/mol. The van der Waals surface area contributed by atoms with Crippen LogP contribution < -0.4 is 5.32 Å². The van der Waals surface area contributed by atoms with Crippen molar-refractivity contribution in [3.63, 3.8) is 0 Å². The zero-order valence-electron chi connectivity index (χ0n) is 13.7. The van der Waals surface area contributed by atoms with Gasteiger partial charge in [-0.1, -0.05) is 23.4 Å². The van der Waals surface area contributed by atoms with Crippen LogP contribution in [0.25, 0.3) is 5.69 Å². The molecule has 0 saturated carbocycles. The van der Waals surface area contributed by atoms with Gasteiger partial charge in [-0.2, -0.15) is 5.10 Å². The van der Waals surface area contributed by atoms with Crippen molar-refractivity contribution in [1.29, 1.82) is 0 Å². The summed E-state index contributed by atoms with van der Waals surface area (Å²) in [6.45, 7) is 3.69. The Balaban J connectivity index is 1.71. The number of carbonyl (C=O) groups excluding carboxylic acids is 1. The van der Waals surface area contributed by atoms with E-state index in [1.54, 1.807) is 0 Å². The highest BCUT2D eigenvalue weighted by Gasteiger charge is 2.27. The van der Waals surface area contributed by atoms with Crippen LogP contribution in [0.4, 0.5) is 5.82 Å². The van der Waals surface area contributed by atoms with Gasteiger partial charge in [-0.3, -0.25) is 4.79 Å². The van der Waals surface area contributed by atoms with Gasteiger partial charge in [0.2, 0.25) is 0 Å². The first-order chi connectivity index (χ1) is 11.6. The van der Waals surface area contributed by atoms with Gasteiger partial charge in [-0.05, 0) is 45.2 Å². The first-order valence-corrected chi connectivity index (χ1v) is 8.05. The van der Waals surface area contributed by atoms with Crippen LogP contribution in [0.15, 0.2) is 34.9 Å². The van der Waals surface area contributed by atoms with Gasteiger partial charge in [-0.15, -0.1) is 0 Å². The number of benzene rings is 1. The topological polar surface area (TPSA) is 73.0 Å². The molecule has 0 fully saturated rings. The summed E-state index contributed by atoms with van der Waals surface area (Å²) in [7, 11) is 0. The second kappa shape index (κ2) is 5.63. The molecular formula is C18H18N4O2. The summed E-state index contributed by atoms with van der Waals surface area (Å²) in [6.07, 6.45) is 2.86. The number of carbonyl (C=O) groups is 1. The van der Waals surface area contributed by atoms with Crippen molar-refractivity contribution in [2.75, 3.05) is 5.32 Å². The van der Waals surface area contributed by atoms with Crippen LogP contribution >= 0.6 is 0 Å². The molecule has 2 aromatic heterocycles. The van der Waals surface area contributed by atoms with E-state index in [9.17, 15) is 4.79 Å². The Morgan fingerprint density at radius 1 is 1.21 bits per heavy atom. The Kier molecular flexibility index (Phi) is 3.45. The molecule has 6 nitrogen and oxygen atoms in total. The molecule has 122 valence electrons. The summed E-state index contributed by atoms with van der Waals surface area (Å²) in [6, 6.07) is 9.91. The van der Waals surface area contributed by atoms with Crippen LogP contribution in [0, 0.1) is 13.8 Å². The lowest BCUT2D eigenvalue weighted by Gasteiger charge is -2.04. The van der Waals surface area contributed by atoms with E-state index < -0.39 is 0 Å². The van der Waals surface area contributed by atoms with Crippen molar-refractivity contribution in [2.45, 2.75) is 33.1 Å². The van der Waals surface area contributed by atoms with Gasteiger partial charge in [0.05, 0.1) is 5.69 Å². The van der Waals surface area contributed by atoms with Gasteiger partial charge in [0.1, 0.15) is 5.76 Å². The fourth-order valence-corrected chi connectivity index (χ4v) is 3.10.